The van der Waals surface area contributed by atoms with Crippen LogP contribution in [-0.4, -0.2) is 22.2 Å². The second-order valence-electron chi connectivity index (χ2n) is 12.5. The van der Waals surface area contributed by atoms with Crippen molar-refractivity contribution in [2.75, 3.05) is 6.61 Å². The van der Waals surface area contributed by atoms with Gasteiger partial charge in [0.25, 0.3) is 5.56 Å². The summed E-state index contributed by atoms with van der Waals surface area (Å²) in [6.45, 7) is 6.66. The van der Waals surface area contributed by atoms with E-state index in [2.05, 4.69) is 24.1 Å². The van der Waals surface area contributed by atoms with Gasteiger partial charge in [-0.15, -0.1) is 10.2 Å². The predicted molar refractivity (Wildman–Crippen MR) is 186 cm³/mol. The van der Waals surface area contributed by atoms with Crippen LogP contribution in [0.15, 0.2) is 39.3 Å². The molecule has 46 heavy (non-hydrogen) atoms. The normalized spacial score (nSPS) is 11.3. The highest BCUT2D eigenvalue weighted by Gasteiger charge is 2.19. The second kappa shape index (κ2) is 23.8. The molecule has 8 heteroatoms. The van der Waals surface area contributed by atoms with Crippen molar-refractivity contribution in [1.29, 1.82) is 5.26 Å². The molecular formula is C38H58N4O4. The number of unbranched alkanes of at least 4 members (excludes halogenated alkanes) is 18. The van der Waals surface area contributed by atoms with Crippen molar-refractivity contribution in [3.8, 4) is 11.9 Å². The Hall–Kier alpha value is -3.47. The molecule has 0 saturated carbocycles. The highest BCUT2D eigenvalue weighted by Crippen LogP contribution is 2.28. The van der Waals surface area contributed by atoms with Crippen LogP contribution in [0.4, 0.5) is 11.4 Å². The molecule has 1 aromatic heterocycles. The lowest BCUT2D eigenvalue weighted by Gasteiger charge is -2.13. The number of pyridine rings is 1. The van der Waals surface area contributed by atoms with E-state index in [0.717, 1.165) is 38.5 Å². The van der Waals surface area contributed by atoms with Crippen LogP contribution in [0.3, 0.4) is 0 Å². The minimum absolute atomic E-state index is 0.00446. The summed E-state index contributed by atoms with van der Waals surface area (Å²) in [5, 5.41) is 28.9. The third-order valence-electron chi connectivity index (χ3n) is 8.62. The molecule has 0 bridgehead atoms. The Kier molecular flexibility index (Phi) is 20.0. The smallest absolute Gasteiger partial charge is 0.340 e. The van der Waals surface area contributed by atoms with Crippen molar-refractivity contribution in [2.45, 2.75) is 156 Å². The van der Waals surface area contributed by atoms with Gasteiger partial charge in [-0.05, 0) is 31.9 Å². The van der Waals surface area contributed by atoms with Crippen LogP contribution in [0, 0.1) is 18.3 Å². The molecule has 0 aliphatic heterocycles. The molecule has 254 valence electrons. The first-order valence-corrected chi connectivity index (χ1v) is 18.0. The molecule has 8 nitrogen and oxygen atoms in total. The second-order valence-corrected chi connectivity index (χ2v) is 12.5. The first kappa shape index (κ1) is 38.7. The van der Waals surface area contributed by atoms with Crippen molar-refractivity contribution in [1.82, 2.24) is 4.57 Å². The number of benzene rings is 1. The largest absolute Gasteiger partial charge is 0.493 e. The Morgan fingerprint density at radius 1 is 0.783 bits per heavy atom. The maximum absolute atomic E-state index is 13.4. The molecule has 0 fully saturated rings. The number of esters is 1. The van der Waals surface area contributed by atoms with Gasteiger partial charge in [0.05, 0.1) is 12.2 Å². The zero-order valence-electron chi connectivity index (χ0n) is 28.8. The average Bonchev–Trinajstić information content (AvgIpc) is 3.06. The Morgan fingerprint density at radius 2 is 1.28 bits per heavy atom. The van der Waals surface area contributed by atoms with Gasteiger partial charge in [0, 0.05) is 12.1 Å². The van der Waals surface area contributed by atoms with Crippen LogP contribution in [0.2, 0.25) is 0 Å². The highest BCUT2D eigenvalue weighted by molar-refractivity contribution is 5.94. The van der Waals surface area contributed by atoms with E-state index in [1.165, 1.54) is 88.0 Å². The zero-order valence-corrected chi connectivity index (χ0v) is 28.8. The summed E-state index contributed by atoms with van der Waals surface area (Å²) >= 11 is 0. The molecule has 0 unspecified atom stereocenters. The molecule has 0 saturated heterocycles. The molecule has 1 heterocycles. The number of nitriles is 1. The lowest BCUT2D eigenvalue weighted by molar-refractivity contribution is 0.0498. The summed E-state index contributed by atoms with van der Waals surface area (Å²) in [6.07, 6.45) is 23.5. The maximum atomic E-state index is 13.4. The third-order valence-corrected chi connectivity index (χ3v) is 8.62. The molecule has 0 spiro atoms. The van der Waals surface area contributed by atoms with Crippen LogP contribution in [-0.2, 0) is 11.3 Å². The van der Waals surface area contributed by atoms with E-state index in [1.807, 2.05) is 6.07 Å². The van der Waals surface area contributed by atoms with Crippen molar-refractivity contribution >= 4 is 17.3 Å². The fourth-order valence-corrected chi connectivity index (χ4v) is 5.69. The molecule has 0 amide bonds. The Morgan fingerprint density at radius 3 is 1.83 bits per heavy atom. The quantitative estimate of drug-likeness (QED) is 0.0662. The SMILES string of the molecule is CCCCCCCCCCCCOC(=O)c1ccccc1N=Nc1c(C)c(C#N)c(O)n(CCCCCCCCCCCC)c1=O. The number of aromatic nitrogens is 1. The standard InChI is InChI=1S/C38H58N4O4/c1-4-6-8-10-12-14-16-18-20-24-28-42-36(43)33(30-39)31(3)35(37(42)44)41-40-34-27-23-22-26-32(34)38(45)46-29-25-21-19-17-15-13-11-9-7-5-2/h22-23,26-27,43H,4-21,24-25,28-29H2,1-3H3. The molecule has 0 radical (unpaired) electrons. The van der Waals surface area contributed by atoms with Gasteiger partial charge in [0.2, 0.25) is 5.88 Å². The Bertz CT molecular complexity index is 1290. The molecular weight excluding hydrogens is 576 g/mol. The van der Waals surface area contributed by atoms with Crippen LogP contribution in [0.25, 0.3) is 0 Å². The first-order chi connectivity index (χ1) is 22.5. The number of carbonyl (C=O) groups excluding carboxylic acids is 1. The summed E-state index contributed by atoms with van der Waals surface area (Å²) in [5.41, 5.74) is 0.284. The number of ether oxygens (including phenoxy) is 1. The predicted octanol–water partition coefficient (Wildman–Crippen LogP) is 11.1. The summed E-state index contributed by atoms with van der Waals surface area (Å²) < 4.78 is 6.75. The van der Waals surface area contributed by atoms with Crippen LogP contribution in [0.5, 0.6) is 5.88 Å². The van der Waals surface area contributed by atoms with Gasteiger partial charge < -0.3 is 9.84 Å². The molecule has 0 atom stereocenters. The van der Waals surface area contributed by atoms with Gasteiger partial charge >= 0.3 is 5.97 Å². The molecule has 2 aromatic rings. The Labute approximate surface area is 277 Å². The summed E-state index contributed by atoms with van der Waals surface area (Å²) in [7, 11) is 0. The van der Waals surface area contributed by atoms with E-state index in [4.69, 9.17) is 4.74 Å². The lowest BCUT2D eigenvalue weighted by Crippen LogP contribution is -2.22. The van der Waals surface area contributed by atoms with Crippen molar-refractivity contribution in [3.63, 3.8) is 0 Å². The Balaban J connectivity index is 1.95. The number of rotatable bonds is 25. The monoisotopic (exact) mass is 634 g/mol. The van der Waals surface area contributed by atoms with Gasteiger partial charge in [-0.3, -0.25) is 9.36 Å². The minimum Gasteiger partial charge on any atom is -0.493 e. The van der Waals surface area contributed by atoms with Gasteiger partial charge in [-0.25, -0.2) is 4.79 Å². The van der Waals surface area contributed by atoms with Crippen molar-refractivity contribution < 1.29 is 14.6 Å². The number of nitrogens with zero attached hydrogens (tertiary/aromatic N) is 4. The van der Waals surface area contributed by atoms with Crippen LogP contribution >= 0.6 is 0 Å². The molecule has 1 aromatic carbocycles. The number of azo groups is 1. The van der Waals surface area contributed by atoms with E-state index in [9.17, 15) is 20.0 Å². The van der Waals surface area contributed by atoms with Gasteiger partial charge in [0.1, 0.15) is 17.3 Å². The fraction of sp³-hybridized carbons (Fsp3) is 0.658. The van der Waals surface area contributed by atoms with E-state index in [1.54, 1.807) is 31.2 Å². The summed E-state index contributed by atoms with van der Waals surface area (Å²) in [6, 6.07) is 8.75. The maximum Gasteiger partial charge on any atom is 0.340 e. The van der Waals surface area contributed by atoms with Gasteiger partial charge in [0.15, 0.2) is 5.69 Å². The third kappa shape index (κ3) is 13.9. The summed E-state index contributed by atoms with van der Waals surface area (Å²) in [5.74, 6) is -0.820. The lowest BCUT2D eigenvalue weighted by atomic mass is 10.1. The number of hydrogen-bond donors (Lipinski definition) is 1. The minimum atomic E-state index is -0.505. The number of carbonyl (C=O) groups is 1. The molecule has 2 rings (SSSR count). The zero-order chi connectivity index (χ0) is 33.4. The van der Waals surface area contributed by atoms with E-state index in [0.29, 0.717) is 19.6 Å². The molecule has 0 aliphatic rings. The fourth-order valence-electron chi connectivity index (χ4n) is 5.69. The van der Waals surface area contributed by atoms with E-state index in [-0.39, 0.29) is 33.9 Å². The van der Waals surface area contributed by atoms with E-state index >= 15 is 0 Å². The van der Waals surface area contributed by atoms with Crippen LogP contribution < -0.4 is 5.56 Å². The van der Waals surface area contributed by atoms with Crippen molar-refractivity contribution in [3.05, 3.63) is 51.3 Å². The number of hydrogen-bond acceptors (Lipinski definition) is 7. The van der Waals surface area contributed by atoms with Crippen LogP contribution in [0.1, 0.15) is 164 Å². The van der Waals surface area contributed by atoms with Gasteiger partial charge in [-0.1, -0.05) is 142 Å². The van der Waals surface area contributed by atoms with E-state index < -0.39 is 11.5 Å². The topological polar surface area (TPSA) is 117 Å². The molecule has 1 N–H and O–H groups in total. The average molecular weight is 635 g/mol. The molecule has 0 aliphatic carbocycles. The highest BCUT2D eigenvalue weighted by atomic mass is 16.5. The van der Waals surface area contributed by atoms with Crippen molar-refractivity contribution in [2.24, 2.45) is 10.2 Å². The first-order valence-electron chi connectivity index (χ1n) is 18.0. The summed E-state index contributed by atoms with van der Waals surface area (Å²) in [4.78, 5) is 26.3. The number of aromatic hydroxyl groups is 1. The van der Waals surface area contributed by atoms with Gasteiger partial charge in [-0.2, -0.15) is 5.26 Å².